The van der Waals surface area contributed by atoms with E-state index < -0.39 is 5.97 Å². The van der Waals surface area contributed by atoms with Gasteiger partial charge in [0.15, 0.2) is 0 Å². The Balaban J connectivity index is 1.86. The van der Waals surface area contributed by atoms with Crippen LogP contribution < -0.4 is 0 Å². The van der Waals surface area contributed by atoms with E-state index in [2.05, 4.69) is 0 Å². The smallest absolute Gasteiger partial charge is 0.357 e. The number of hydroxylamine groups is 2. The zero-order chi connectivity index (χ0) is 16.7. The normalized spacial score (nSPS) is 18.5. The Morgan fingerprint density at radius 2 is 2.00 bits per heavy atom. The molecule has 1 aliphatic rings. The van der Waals surface area contributed by atoms with Gasteiger partial charge in [-0.05, 0) is 25.5 Å². The van der Waals surface area contributed by atoms with Crippen LogP contribution in [0.3, 0.4) is 0 Å². The van der Waals surface area contributed by atoms with Crippen LogP contribution in [0.5, 0.6) is 0 Å². The van der Waals surface area contributed by atoms with E-state index in [9.17, 15) is 14.4 Å². The highest BCUT2D eigenvalue weighted by Gasteiger charge is 2.30. The van der Waals surface area contributed by atoms with Crippen molar-refractivity contribution in [2.45, 2.75) is 26.2 Å². The summed E-state index contributed by atoms with van der Waals surface area (Å²) in [5.74, 6) is -0.958. The van der Waals surface area contributed by atoms with E-state index in [1.54, 1.807) is 31.2 Å². The van der Waals surface area contributed by atoms with Crippen molar-refractivity contribution < 1.29 is 24.0 Å². The Labute approximate surface area is 135 Å². The SMILES string of the molecule is CCOC(=O)CCC1CN(OC(=O)c2ccccc2)CCC1=O. The van der Waals surface area contributed by atoms with Crippen LogP contribution in [0.1, 0.15) is 36.5 Å². The lowest BCUT2D eigenvalue weighted by molar-refractivity contribution is -0.153. The first-order valence-electron chi connectivity index (χ1n) is 7.80. The molecule has 6 heteroatoms. The predicted octanol–water partition coefficient (Wildman–Crippen LogP) is 1.99. The first-order chi connectivity index (χ1) is 11.1. The molecule has 0 saturated carbocycles. The number of ketones is 1. The second kappa shape index (κ2) is 8.43. The number of carbonyl (C=O) groups is 3. The van der Waals surface area contributed by atoms with E-state index in [4.69, 9.17) is 9.57 Å². The zero-order valence-corrected chi connectivity index (χ0v) is 13.2. The Hall–Kier alpha value is -2.21. The summed E-state index contributed by atoms with van der Waals surface area (Å²) >= 11 is 0. The summed E-state index contributed by atoms with van der Waals surface area (Å²) in [4.78, 5) is 40.7. The molecule has 0 spiro atoms. The third kappa shape index (κ3) is 5.17. The number of benzene rings is 1. The molecular formula is C17H21NO5. The molecule has 1 fully saturated rings. The van der Waals surface area contributed by atoms with Crippen molar-refractivity contribution in [3.63, 3.8) is 0 Å². The van der Waals surface area contributed by atoms with Crippen molar-refractivity contribution in [2.75, 3.05) is 19.7 Å². The number of ether oxygens (including phenoxy) is 1. The average molecular weight is 319 g/mol. The maximum Gasteiger partial charge on any atom is 0.357 e. The first-order valence-corrected chi connectivity index (χ1v) is 7.80. The van der Waals surface area contributed by atoms with Crippen LogP contribution in [0.2, 0.25) is 0 Å². The van der Waals surface area contributed by atoms with Crippen LogP contribution in [0.15, 0.2) is 30.3 Å². The third-order valence-electron chi connectivity index (χ3n) is 3.71. The first kappa shape index (κ1) is 17.1. The fourth-order valence-electron chi connectivity index (χ4n) is 2.48. The number of piperidine rings is 1. The van der Waals surface area contributed by atoms with Gasteiger partial charge >= 0.3 is 11.9 Å². The number of Topliss-reactive ketones (excluding diaryl/α,β-unsaturated/α-hetero) is 1. The predicted molar refractivity (Wildman–Crippen MR) is 82.4 cm³/mol. The highest BCUT2D eigenvalue weighted by Crippen LogP contribution is 2.19. The van der Waals surface area contributed by atoms with E-state index in [0.717, 1.165) is 0 Å². The number of hydrogen-bond donors (Lipinski definition) is 0. The molecule has 1 aromatic carbocycles. The quantitative estimate of drug-likeness (QED) is 0.747. The lowest BCUT2D eigenvalue weighted by atomic mass is 9.93. The number of hydrogen-bond acceptors (Lipinski definition) is 6. The highest BCUT2D eigenvalue weighted by molar-refractivity contribution is 5.89. The maximum atomic E-state index is 12.0. The number of esters is 1. The van der Waals surface area contributed by atoms with Gasteiger partial charge < -0.3 is 9.57 Å². The van der Waals surface area contributed by atoms with Crippen LogP contribution >= 0.6 is 0 Å². The van der Waals surface area contributed by atoms with Gasteiger partial charge in [0.1, 0.15) is 5.78 Å². The zero-order valence-electron chi connectivity index (χ0n) is 13.2. The molecule has 0 aromatic heterocycles. The molecule has 0 N–H and O–H groups in total. The van der Waals surface area contributed by atoms with E-state index in [1.807, 2.05) is 6.07 Å². The molecule has 1 aliphatic heterocycles. The Kier molecular flexibility index (Phi) is 6.29. The fourth-order valence-corrected chi connectivity index (χ4v) is 2.48. The second-order valence-electron chi connectivity index (χ2n) is 5.39. The Bertz CT molecular complexity index is 557. The average Bonchev–Trinajstić information content (AvgIpc) is 2.56. The largest absolute Gasteiger partial charge is 0.466 e. The van der Waals surface area contributed by atoms with E-state index >= 15 is 0 Å². The van der Waals surface area contributed by atoms with Gasteiger partial charge in [0.25, 0.3) is 0 Å². The van der Waals surface area contributed by atoms with Gasteiger partial charge in [-0.15, -0.1) is 5.06 Å². The molecule has 0 radical (unpaired) electrons. The molecule has 1 atom stereocenters. The summed E-state index contributed by atoms with van der Waals surface area (Å²) in [6.45, 7) is 2.77. The van der Waals surface area contributed by atoms with Crippen LogP contribution in [-0.4, -0.2) is 42.5 Å². The van der Waals surface area contributed by atoms with Crippen molar-refractivity contribution in [2.24, 2.45) is 5.92 Å². The maximum absolute atomic E-state index is 12.0. The second-order valence-corrected chi connectivity index (χ2v) is 5.39. The number of carbonyl (C=O) groups excluding carboxylic acids is 3. The summed E-state index contributed by atoms with van der Waals surface area (Å²) in [5, 5.41) is 1.51. The van der Waals surface area contributed by atoms with Crippen molar-refractivity contribution in [3.05, 3.63) is 35.9 Å². The van der Waals surface area contributed by atoms with Gasteiger partial charge in [0, 0.05) is 31.8 Å². The molecule has 0 bridgehead atoms. The molecule has 23 heavy (non-hydrogen) atoms. The molecule has 124 valence electrons. The molecule has 1 saturated heterocycles. The molecule has 0 aliphatic carbocycles. The van der Waals surface area contributed by atoms with Crippen molar-refractivity contribution in [3.8, 4) is 0 Å². The third-order valence-corrected chi connectivity index (χ3v) is 3.71. The van der Waals surface area contributed by atoms with E-state index in [1.165, 1.54) is 5.06 Å². The van der Waals surface area contributed by atoms with Crippen molar-refractivity contribution >= 4 is 17.7 Å². The minimum Gasteiger partial charge on any atom is -0.466 e. The summed E-state index contributed by atoms with van der Waals surface area (Å²) in [7, 11) is 0. The minimum atomic E-state index is -0.441. The molecule has 6 nitrogen and oxygen atoms in total. The monoisotopic (exact) mass is 319 g/mol. The van der Waals surface area contributed by atoms with Gasteiger partial charge in [-0.2, -0.15) is 0 Å². The molecular weight excluding hydrogens is 298 g/mol. The van der Waals surface area contributed by atoms with Crippen LogP contribution in [0.4, 0.5) is 0 Å². The highest BCUT2D eigenvalue weighted by atomic mass is 16.7. The summed E-state index contributed by atoms with van der Waals surface area (Å²) in [6, 6.07) is 8.70. The van der Waals surface area contributed by atoms with Crippen LogP contribution in [0, 0.1) is 5.92 Å². The van der Waals surface area contributed by atoms with Gasteiger partial charge in [-0.3, -0.25) is 9.59 Å². The molecule has 1 unspecified atom stereocenters. The van der Waals surface area contributed by atoms with Crippen molar-refractivity contribution in [1.29, 1.82) is 0 Å². The minimum absolute atomic E-state index is 0.0984. The standard InChI is InChI=1S/C17H21NO5/c1-2-22-16(20)9-8-14-12-18(11-10-15(14)19)23-17(21)13-6-4-3-5-7-13/h3-7,14H,2,8-12H2,1H3. The van der Waals surface area contributed by atoms with E-state index in [0.29, 0.717) is 38.1 Å². The van der Waals surface area contributed by atoms with Gasteiger partial charge in [0.2, 0.25) is 0 Å². The van der Waals surface area contributed by atoms with Gasteiger partial charge in [-0.25, -0.2) is 4.79 Å². The van der Waals surface area contributed by atoms with E-state index in [-0.39, 0.29) is 24.1 Å². The van der Waals surface area contributed by atoms with Crippen LogP contribution in [0.25, 0.3) is 0 Å². The lowest BCUT2D eigenvalue weighted by Gasteiger charge is -2.30. The lowest BCUT2D eigenvalue weighted by Crippen LogP contribution is -2.42. The van der Waals surface area contributed by atoms with Gasteiger partial charge in [-0.1, -0.05) is 18.2 Å². The molecule has 1 heterocycles. The summed E-state index contributed by atoms with van der Waals surface area (Å²) in [5.41, 5.74) is 0.465. The fraction of sp³-hybridized carbons (Fsp3) is 0.471. The molecule has 2 rings (SSSR count). The Morgan fingerprint density at radius 3 is 2.70 bits per heavy atom. The number of rotatable bonds is 6. The summed E-state index contributed by atoms with van der Waals surface area (Å²) in [6.07, 6.45) is 0.928. The molecule has 0 amide bonds. The van der Waals surface area contributed by atoms with Gasteiger partial charge in [0.05, 0.1) is 12.2 Å². The summed E-state index contributed by atoms with van der Waals surface area (Å²) < 4.78 is 4.87. The Morgan fingerprint density at radius 1 is 1.26 bits per heavy atom. The van der Waals surface area contributed by atoms with Crippen molar-refractivity contribution in [1.82, 2.24) is 5.06 Å². The molecule has 1 aromatic rings. The topological polar surface area (TPSA) is 72.9 Å². The van der Waals surface area contributed by atoms with Crippen LogP contribution in [-0.2, 0) is 19.2 Å². The number of nitrogens with zero attached hydrogens (tertiary/aromatic N) is 1.